The highest BCUT2D eigenvalue weighted by Gasteiger charge is 2.23. The number of aliphatic hydroxyl groups excluding tert-OH is 1. The Morgan fingerprint density at radius 3 is 2.26 bits per heavy atom. The molecule has 0 saturated carbocycles. The Hall–Kier alpha value is -0.680. The van der Waals surface area contributed by atoms with Gasteiger partial charge in [-0.3, -0.25) is 0 Å². The van der Waals surface area contributed by atoms with Gasteiger partial charge in [0.25, 0.3) is 0 Å². The quantitative estimate of drug-likeness (QED) is 0.781. The minimum absolute atomic E-state index is 0.0679. The Bertz CT molecular complexity index is 611. The first-order valence-corrected chi connectivity index (χ1v) is 6.73. The fourth-order valence-electron chi connectivity index (χ4n) is 1.70. The molecule has 2 rings (SSSR count). The fraction of sp³-hybridized carbons (Fsp3) is 0.0769. The molecule has 6 heteroatoms. The topological polar surface area (TPSA) is 20.2 Å². The van der Waals surface area contributed by atoms with Crippen molar-refractivity contribution in [2.75, 3.05) is 0 Å². The third-order valence-corrected chi connectivity index (χ3v) is 3.88. The molecule has 2 aromatic rings. The van der Waals surface area contributed by atoms with E-state index in [2.05, 4.69) is 15.9 Å². The first kappa shape index (κ1) is 14.7. The van der Waals surface area contributed by atoms with E-state index >= 15 is 0 Å². The van der Waals surface area contributed by atoms with Gasteiger partial charge < -0.3 is 5.11 Å². The molecule has 1 atom stereocenters. The second-order valence-electron chi connectivity index (χ2n) is 3.83. The number of hydrogen-bond acceptors (Lipinski definition) is 1. The Morgan fingerprint density at radius 1 is 1.11 bits per heavy atom. The van der Waals surface area contributed by atoms with E-state index < -0.39 is 23.3 Å². The van der Waals surface area contributed by atoms with Crippen LogP contribution in [-0.4, -0.2) is 5.11 Å². The Balaban J connectivity index is 2.56. The minimum atomic E-state index is -1.53. The molecule has 0 spiro atoms. The van der Waals surface area contributed by atoms with E-state index in [0.717, 1.165) is 12.1 Å². The van der Waals surface area contributed by atoms with Gasteiger partial charge >= 0.3 is 0 Å². The van der Waals surface area contributed by atoms with Crippen LogP contribution < -0.4 is 0 Å². The summed E-state index contributed by atoms with van der Waals surface area (Å²) >= 11 is 14.7. The van der Waals surface area contributed by atoms with Gasteiger partial charge in [-0.25, -0.2) is 8.78 Å². The lowest BCUT2D eigenvalue weighted by Crippen LogP contribution is -2.06. The molecule has 0 heterocycles. The molecule has 0 aliphatic heterocycles. The number of halogens is 5. The standard InChI is InChI=1S/C13H7BrCl2F2O/c14-6-4-9(17)11(10(18)5-6)13(19)7-2-1-3-8(15)12(7)16/h1-5,13,19H. The molecular formula is C13H7BrCl2F2O. The third kappa shape index (κ3) is 2.92. The highest BCUT2D eigenvalue weighted by Crippen LogP contribution is 2.35. The normalized spacial score (nSPS) is 12.5. The Morgan fingerprint density at radius 2 is 1.68 bits per heavy atom. The van der Waals surface area contributed by atoms with E-state index in [4.69, 9.17) is 23.2 Å². The summed E-state index contributed by atoms with van der Waals surface area (Å²) in [5, 5.41) is 10.4. The molecule has 0 aliphatic carbocycles. The predicted octanol–water partition coefficient (Wildman–Crippen LogP) is 5.12. The van der Waals surface area contributed by atoms with Crippen LogP contribution in [0.5, 0.6) is 0 Å². The van der Waals surface area contributed by atoms with Crippen LogP contribution in [0.25, 0.3) is 0 Å². The number of benzene rings is 2. The third-order valence-electron chi connectivity index (χ3n) is 2.59. The van der Waals surface area contributed by atoms with Crippen LogP contribution in [0.3, 0.4) is 0 Å². The lowest BCUT2D eigenvalue weighted by Gasteiger charge is -2.15. The van der Waals surface area contributed by atoms with Crippen LogP contribution in [0, 0.1) is 11.6 Å². The van der Waals surface area contributed by atoms with Gasteiger partial charge in [0.2, 0.25) is 0 Å². The average molecular weight is 368 g/mol. The molecule has 1 unspecified atom stereocenters. The summed E-state index contributed by atoms with van der Waals surface area (Å²) in [6, 6.07) is 6.66. The van der Waals surface area contributed by atoms with Crippen molar-refractivity contribution >= 4 is 39.1 Å². The van der Waals surface area contributed by atoms with Crippen molar-refractivity contribution in [2.24, 2.45) is 0 Å². The van der Waals surface area contributed by atoms with Crippen molar-refractivity contribution in [3.8, 4) is 0 Å². The van der Waals surface area contributed by atoms with Gasteiger partial charge in [0.1, 0.15) is 17.7 Å². The molecule has 0 radical (unpaired) electrons. The maximum Gasteiger partial charge on any atom is 0.133 e. The second-order valence-corrected chi connectivity index (χ2v) is 5.53. The molecule has 0 aliphatic rings. The predicted molar refractivity (Wildman–Crippen MR) is 74.6 cm³/mol. The number of rotatable bonds is 2. The summed E-state index contributed by atoms with van der Waals surface area (Å²) in [5.74, 6) is -1.73. The first-order valence-electron chi connectivity index (χ1n) is 5.18. The largest absolute Gasteiger partial charge is 0.383 e. The first-order chi connectivity index (χ1) is 8.91. The van der Waals surface area contributed by atoms with Gasteiger partial charge in [-0.2, -0.15) is 0 Å². The summed E-state index contributed by atoms with van der Waals surface area (Å²) in [6.07, 6.45) is -1.53. The number of aliphatic hydroxyl groups is 1. The average Bonchev–Trinajstić information content (AvgIpc) is 2.31. The summed E-state index contributed by atoms with van der Waals surface area (Å²) in [7, 11) is 0. The van der Waals surface area contributed by atoms with Crippen LogP contribution >= 0.6 is 39.1 Å². The van der Waals surface area contributed by atoms with E-state index in [0.29, 0.717) is 0 Å². The summed E-state index contributed by atoms with van der Waals surface area (Å²) in [6.45, 7) is 0. The van der Waals surface area contributed by atoms with Gasteiger partial charge in [0, 0.05) is 10.0 Å². The maximum absolute atomic E-state index is 13.8. The highest BCUT2D eigenvalue weighted by molar-refractivity contribution is 9.10. The molecule has 2 aromatic carbocycles. The highest BCUT2D eigenvalue weighted by atomic mass is 79.9. The zero-order valence-electron chi connectivity index (χ0n) is 9.30. The van der Waals surface area contributed by atoms with Crippen molar-refractivity contribution in [3.05, 3.63) is 67.6 Å². The zero-order chi connectivity index (χ0) is 14.2. The zero-order valence-corrected chi connectivity index (χ0v) is 12.4. The molecule has 1 N–H and O–H groups in total. The van der Waals surface area contributed by atoms with Crippen molar-refractivity contribution in [1.82, 2.24) is 0 Å². The molecule has 1 nitrogen and oxygen atoms in total. The molecule has 0 bridgehead atoms. The van der Waals surface area contributed by atoms with Crippen LogP contribution in [-0.2, 0) is 0 Å². The monoisotopic (exact) mass is 366 g/mol. The molecule has 0 fully saturated rings. The van der Waals surface area contributed by atoms with Gasteiger partial charge in [0.05, 0.1) is 15.6 Å². The van der Waals surface area contributed by atoms with Gasteiger partial charge in [-0.1, -0.05) is 51.3 Å². The molecular weight excluding hydrogens is 361 g/mol. The Kier molecular flexibility index (Phi) is 4.46. The summed E-state index contributed by atoms with van der Waals surface area (Å²) in [5.41, 5.74) is -0.318. The molecule has 100 valence electrons. The van der Waals surface area contributed by atoms with Crippen LogP contribution in [0.2, 0.25) is 10.0 Å². The molecule has 19 heavy (non-hydrogen) atoms. The van der Waals surface area contributed by atoms with E-state index in [1.54, 1.807) is 6.07 Å². The van der Waals surface area contributed by atoms with E-state index in [-0.39, 0.29) is 20.1 Å². The van der Waals surface area contributed by atoms with Crippen LogP contribution in [0.4, 0.5) is 8.78 Å². The lowest BCUT2D eigenvalue weighted by atomic mass is 10.0. The minimum Gasteiger partial charge on any atom is -0.383 e. The van der Waals surface area contributed by atoms with E-state index in [1.165, 1.54) is 12.1 Å². The van der Waals surface area contributed by atoms with Crippen LogP contribution in [0.15, 0.2) is 34.8 Å². The van der Waals surface area contributed by atoms with E-state index in [9.17, 15) is 13.9 Å². The maximum atomic E-state index is 13.8. The van der Waals surface area contributed by atoms with Crippen molar-refractivity contribution < 1.29 is 13.9 Å². The van der Waals surface area contributed by atoms with Gasteiger partial charge in [-0.15, -0.1) is 0 Å². The van der Waals surface area contributed by atoms with Crippen molar-refractivity contribution in [2.45, 2.75) is 6.10 Å². The van der Waals surface area contributed by atoms with Gasteiger partial charge in [0.15, 0.2) is 0 Å². The summed E-state index contributed by atoms with van der Waals surface area (Å²) in [4.78, 5) is 0. The van der Waals surface area contributed by atoms with Crippen molar-refractivity contribution in [3.63, 3.8) is 0 Å². The van der Waals surface area contributed by atoms with Crippen molar-refractivity contribution in [1.29, 1.82) is 0 Å². The number of hydrogen-bond donors (Lipinski definition) is 1. The SMILES string of the molecule is OC(c1cccc(Cl)c1Cl)c1c(F)cc(Br)cc1F. The Labute approximate surface area is 126 Å². The van der Waals surface area contributed by atoms with E-state index in [1.807, 2.05) is 0 Å². The lowest BCUT2D eigenvalue weighted by molar-refractivity contribution is 0.209. The molecule has 0 amide bonds. The fourth-order valence-corrected chi connectivity index (χ4v) is 2.51. The molecule has 0 saturated heterocycles. The molecule has 0 aromatic heterocycles. The van der Waals surface area contributed by atoms with Crippen LogP contribution in [0.1, 0.15) is 17.2 Å². The van der Waals surface area contributed by atoms with Gasteiger partial charge in [-0.05, 0) is 18.2 Å². The summed E-state index contributed by atoms with van der Waals surface area (Å²) < 4.78 is 27.8. The second kappa shape index (κ2) is 5.75. The smallest absolute Gasteiger partial charge is 0.133 e.